The topological polar surface area (TPSA) is 75.4 Å². The molecule has 1 amide bonds. The number of aromatic hydroxyl groups is 1. The number of phenolic OH excluding ortho intramolecular Hbond substituents is 1. The second-order valence-corrected chi connectivity index (χ2v) is 4.48. The van der Waals surface area contributed by atoms with Gasteiger partial charge in [-0.3, -0.25) is 4.79 Å². The molecule has 0 saturated heterocycles. The van der Waals surface area contributed by atoms with Gasteiger partial charge in [-0.15, -0.1) is 0 Å². The van der Waals surface area contributed by atoms with Crippen LogP contribution in [0, 0.1) is 12.8 Å². The van der Waals surface area contributed by atoms with Crippen LogP contribution < -0.4 is 11.1 Å². The van der Waals surface area contributed by atoms with Crippen LogP contribution in [0.2, 0.25) is 0 Å². The summed E-state index contributed by atoms with van der Waals surface area (Å²) in [6.07, 6.45) is 0. The van der Waals surface area contributed by atoms with Crippen LogP contribution in [-0.2, 0) is 0 Å². The van der Waals surface area contributed by atoms with Gasteiger partial charge in [-0.25, -0.2) is 0 Å². The number of carbonyl (C=O) groups excluding carboxylic acids is 1. The van der Waals surface area contributed by atoms with Crippen LogP contribution in [0.3, 0.4) is 0 Å². The molecule has 17 heavy (non-hydrogen) atoms. The summed E-state index contributed by atoms with van der Waals surface area (Å²) in [6, 6.07) is 4.91. The van der Waals surface area contributed by atoms with Crippen molar-refractivity contribution in [2.45, 2.75) is 26.8 Å². The lowest BCUT2D eigenvalue weighted by Crippen LogP contribution is -2.39. The van der Waals surface area contributed by atoms with E-state index < -0.39 is 0 Å². The van der Waals surface area contributed by atoms with Crippen molar-refractivity contribution < 1.29 is 9.90 Å². The first-order valence-corrected chi connectivity index (χ1v) is 5.76. The summed E-state index contributed by atoms with van der Waals surface area (Å²) >= 11 is 0. The zero-order valence-electron chi connectivity index (χ0n) is 10.5. The smallest absolute Gasteiger partial charge is 0.251 e. The Balaban J connectivity index is 2.73. The molecular formula is C13H20N2O2. The Hall–Kier alpha value is -1.55. The van der Waals surface area contributed by atoms with Crippen LogP contribution in [0.4, 0.5) is 0 Å². The Bertz CT molecular complexity index is 404. The van der Waals surface area contributed by atoms with E-state index >= 15 is 0 Å². The number of benzene rings is 1. The highest BCUT2D eigenvalue weighted by Crippen LogP contribution is 2.17. The summed E-state index contributed by atoms with van der Waals surface area (Å²) in [6.45, 7) is 6.22. The molecule has 0 bridgehead atoms. The van der Waals surface area contributed by atoms with Crippen molar-refractivity contribution in [3.63, 3.8) is 0 Å². The fourth-order valence-corrected chi connectivity index (χ4v) is 1.39. The normalized spacial score (nSPS) is 14.1. The highest BCUT2D eigenvalue weighted by Gasteiger charge is 2.15. The van der Waals surface area contributed by atoms with Crippen molar-refractivity contribution in [3.05, 3.63) is 29.3 Å². The molecule has 2 atom stereocenters. The second kappa shape index (κ2) is 5.68. The van der Waals surface area contributed by atoms with Gasteiger partial charge in [0.2, 0.25) is 0 Å². The molecule has 0 heterocycles. The van der Waals surface area contributed by atoms with Gasteiger partial charge in [0.25, 0.3) is 5.91 Å². The largest absolute Gasteiger partial charge is 0.508 e. The lowest BCUT2D eigenvalue weighted by atomic mass is 10.0. The average Bonchev–Trinajstić information content (AvgIpc) is 2.31. The van der Waals surface area contributed by atoms with Gasteiger partial charge in [-0.2, -0.15) is 0 Å². The molecule has 4 N–H and O–H groups in total. The number of amides is 1. The van der Waals surface area contributed by atoms with Crippen molar-refractivity contribution in [1.82, 2.24) is 5.32 Å². The SMILES string of the molecule is Cc1ccc(C(=O)NC(C)C(C)CN)cc1O. The van der Waals surface area contributed by atoms with Crippen molar-refractivity contribution >= 4 is 5.91 Å². The third-order valence-electron chi connectivity index (χ3n) is 3.06. The molecule has 0 aliphatic heterocycles. The van der Waals surface area contributed by atoms with Crippen molar-refractivity contribution in [1.29, 1.82) is 0 Å². The van der Waals surface area contributed by atoms with E-state index in [1.807, 2.05) is 13.8 Å². The minimum atomic E-state index is -0.187. The van der Waals surface area contributed by atoms with Gasteiger partial charge < -0.3 is 16.2 Å². The summed E-state index contributed by atoms with van der Waals surface area (Å²) in [5.74, 6) is 0.170. The quantitative estimate of drug-likeness (QED) is 0.740. The van der Waals surface area contributed by atoms with E-state index in [1.165, 1.54) is 6.07 Å². The highest BCUT2D eigenvalue weighted by molar-refractivity contribution is 5.94. The molecular weight excluding hydrogens is 216 g/mol. The minimum absolute atomic E-state index is 0.0101. The van der Waals surface area contributed by atoms with Crippen LogP contribution in [0.25, 0.3) is 0 Å². The standard InChI is InChI=1S/C13H20N2O2/c1-8-4-5-11(6-12(8)16)13(17)15-10(3)9(2)7-14/h4-6,9-10,16H,7,14H2,1-3H3,(H,15,17). The van der Waals surface area contributed by atoms with Gasteiger partial charge in [0, 0.05) is 11.6 Å². The van der Waals surface area contributed by atoms with Gasteiger partial charge in [0.15, 0.2) is 0 Å². The third kappa shape index (κ3) is 3.46. The molecule has 1 aromatic carbocycles. The molecule has 94 valence electrons. The maximum Gasteiger partial charge on any atom is 0.251 e. The molecule has 1 rings (SSSR count). The van der Waals surface area contributed by atoms with Crippen LogP contribution in [-0.4, -0.2) is 23.6 Å². The predicted octanol–water partition coefficient (Wildman–Crippen LogP) is 1.41. The van der Waals surface area contributed by atoms with E-state index in [0.717, 1.165) is 5.56 Å². The van der Waals surface area contributed by atoms with E-state index in [0.29, 0.717) is 12.1 Å². The molecule has 2 unspecified atom stereocenters. The molecule has 0 spiro atoms. The van der Waals surface area contributed by atoms with Crippen LogP contribution >= 0.6 is 0 Å². The molecule has 0 aliphatic carbocycles. The summed E-state index contributed by atoms with van der Waals surface area (Å²) in [4.78, 5) is 11.9. The van der Waals surface area contributed by atoms with Gasteiger partial charge >= 0.3 is 0 Å². The maximum atomic E-state index is 11.9. The van der Waals surface area contributed by atoms with Crippen LogP contribution in [0.15, 0.2) is 18.2 Å². The average molecular weight is 236 g/mol. The Kier molecular flexibility index (Phi) is 4.52. The number of phenols is 1. The van der Waals surface area contributed by atoms with Crippen LogP contribution in [0.1, 0.15) is 29.8 Å². The monoisotopic (exact) mass is 236 g/mol. The van der Waals surface area contributed by atoms with E-state index in [9.17, 15) is 9.90 Å². The van der Waals surface area contributed by atoms with Gasteiger partial charge in [0.1, 0.15) is 5.75 Å². The van der Waals surface area contributed by atoms with Gasteiger partial charge in [-0.05, 0) is 44.0 Å². The first-order valence-electron chi connectivity index (χ1n) is 5.76. The summed E-state index contributed by atoms with van der Waals surface area (Å²) < 4.78 is 0. The first-order chi connectivity index (χ1) is 7.95. The van der Waals surface area contributed by atoms with E-state index in [-0.39, 0.29) is 23.6 Å². The number of aryl methyl sites for hydroxylation is 1. The maximum absolute atomic E-state index is 11.9. The first kappa shape index (κ1) is 13.5. The van der Waals surface area contributed by atoms with Crippen molar-refractivity contribution in [2.75, 3.05) is 6.54 Å². The van der Waals surface area contributed by atoms with Gasteiger partial charge in [-0.1, -0.05) is 13.0 Å². The Labute approximate surface area is 102 Å². The second-order valence-electron chi connectivity index (χ2n) is 4.48. The molecule has 0 aliphatic rings. The Morgan fingerprint density at radius 2 is 2.12 bits per heavy atom. The Morgan fingerprint density at radius 1 is 1.47 bits per heavy atom. The lowest BCUT2D eigenvalue weighted by Gasteiger charge is -2.19. The number of nitrogens with two attached hydrogens (primary N) is 1. The number of hydrogen-bond acceptors (Lipinski definition) is 3. The predicted molar refractivity (Wildman–Crippen MR) is 68.0 cm³/mol. The van der Waals surface area contributed by atoms with Crippen LogP contribution in [0.5, 0.6) is 5.75 Å². The van der Waals surface area contributed by atoms with E-state index in [1.54, 1.807) is 19.1 Å². The molecule has 1 aromatic rings. The molecule has 0 aromatic heterocycles. The van der Waals surface area contributed by atoms with Crippen molar-refractivity contribution in [2.24, 2.45) is 11.7 Å². The van der Waals surface area contributed by atoms with Crippen molar-refractivity contribution in [3.8, 4) is 5.75 Å². The highest BCUT2D eigenvalue weighted by atomic mass is 16.3. The van der Waals surface area contributed by atoms with E-state index in [4.69, 9.17) is 5.73 Å². The van der Waals surface area contributed by atoms with E-state index in [2.05, 4.69) is 5.32 Å². The molecule has 4 heteroatoms. The third-order valence-corrected chi connectivity index (χ3v) is 3.06. The fraction of sp³-hybridized carbons (Fsp3) is 0.462. The zero-order valence-corrected chi connectivity index (χ0v) is 10.5. The molecule has 0 radical (unpaired) electrons. The molecule has 0 fully saturated rings. The number of hydrogen-bond donors (Lipinski definition) is 3. The summed E-state index contributed by atoms with van der Waals surface area (Å²) in [5, 5.41) is 12.4. The van der Waals surface area contributed by atoms with Gasteiger partial charge in [0.05, 0.1) is 0 Å². The fourth-order valence-electron chi connectivity index (χ4n) is 1.39. The number of rotatable bonds is 4. The number of nitrogens with one attached hydrogen (secondary N) is 1. The lowest BCUT2D eigenvalue weighted by molar-refractivity contribution is 0.0929. The molecule has 4 nitrogen and oxygen atoms in total. The molecule has 0 saturated carbocycles. The Morgan fingerprint density at radius 3 is 2.65 bits per heavy atom. The summed E-state index contributed by atoms with van der Waals surface area (Å²) in [5.41, 5.74) is 6.76. The number of carbonyl (C=O) groups is 1. The zero-order chi connectivity index (χ0) is 13.0. The minimum Gasteiger partial charge on any atom is -0.508 e. The summed E-state index contributed by atoms with van der Waals surface area (Å²) in [7, 11) is 0.